The second kappa shape index (κ2) is 11.3. The lowest BCUT2D eigenvalue weighted by molar-refractivity contribution is -0.134. The number of methoxy groups -OCH3 is 1. The minimum absolute atomic E-state index is 0.120. The van der Waals surface area contributed by atoms with Crippen LogP contribution in [0.4, 0.5) is 5.69 Å². The third kappa shape index (κ3) is 5.40. The molecule has 1 spiro atoms. The van der Waals surface area contributed by atoms with Gasteiger partial charge in [-0.05, 0) is 54.4 Å². The Morgan fingerprint density at radius 2 is 1.97 bits per heavy atom. The van der Waals surface area contributed by atoms with Crippen LogP contribution < -0.4 is 15.4 Å². The average Bonchev–Trinajstić information content (AvgIpc) is 3.13. The van der Waals surface area contributed by atoms with Crippen LogP contribution in [0.3, 0.4) is 0 Å². The van der Waals surface area contributed by atoms with Gasteiger partial charge in [-0.3, -0.25) is 10.1 Å². The molecule has 0 aromatic heterocycles. The maximum absolute atomic E-state index is 13.5. The number of nitriles is 1. The van der Waals surface area contributed by atoms with Crippen LogP contribution in [0, 0.1) is 11.3 Å². The number of carbonyl (C=O) groups excluding carboxylic acids is 1. The number of hydrogen-bond acceptors (Lipinski definition) is 6. The van der Waals surface area contributed by atoms with E-state index in [1.165, 1.54) is 0 Å². The molecule has 2 aromatic carbocycles. The lowest BCUT2D eigenvalue weighted by Gasteiger charge is -2.45. The van der Waals surface area contributed by atoms with E-state index in [-0.39, 0.29) is 11.9 Å². The standard InChI is InChI=1S/C26H31N5O2S2/c1-33-23-10-6-5-9-21(23)28-25(34)30-14-12-26(13-15-30)29-22(11-16-35-2)24(32)31(26)18-20-8-4-3-7-19(20)17-27/h3-10,22,29H,11-16,18H2,1-2H3,(H,28,34). The van der Waals surface area contributed by atoms with Crippen molar-refractivity contribution >= 4 is 40.7 Å². The number of likely N-dealkylation sites (tertiary alicyclic amines) is 1. The van der Waals surface area contributed by atoms with Gasteiger partial charge in [-0.15, -0.1) is 0 Å². The number of ether oxygens (including phenoxy) is 1. The molecule has 0 bridgehead atoms. The van der Waals surface area contributed by atoms with E-state index in [0.717, 1.165) is 42.0 Å². The van der Waals surface area contributed by atoms with Gasteiger partial charge < -0.3 is 19.9 Å². The van der Waals surface area contributed by atoms with Gasteiger partial charge in [0.05, 0.1) is 36.1 Å². The van der Waals surface area contributed by atoms with Gasteiger partial charge in [0, 0.05) is 32.5 Å². The summed E-state index contributed by atoms with van der Waals surface area (Å²) in [6.07, 6.45) is 4.34. The first-order valence-electron chi connectivity index (χ1n) is 11.8. The Balaban J connectivity index is 1.50. The number of hydrogen-bond donors (Lipinski definition) is 2. The number of anilines is 1. The Morgan fingerprint density at radius 3 is 2.69 bits per heavy atom. The summed E-state index contributed by atoms with van der Waals surface area (Å²) < 4.78 is 5.44. The molecule has 35 heavy (non-hydrogen) atoms. The maximum Gasteiger partial charge on any atom is 0.241 e. The molecule has 184 valence electrons. The van der Waals surface area contributed by atoms with Gasteiger partial charge in [-0.1, -0.05) is 30.3 Å². The topological polar surface area (TPSA) is 80.6 Å². The second-order valence-electron chi connectivity index (χ2n) is 8.82. The highest BCUT2D eigenvalue weighted by atomic mass is 32.2. The van der Waals surface area contributed by atoms with Gasteiger partial charge in [-0.2, -0.15) is 17.0 Å². The minimum Gasteiger partial charge on any atom is -0.495 e. The number of thioether (sulfide) groups is 1. The normalized spacial score (nSPS) is 19.0. The summed E-state index contributed by atoms with van der Waals surface area (Å²) in [6, 6.07) is 17.3. The zero-order chi connectivity index (χ0) is 24.8. The summed E-state index contributed by atoms with van der Waals surface area (Å²) in [7, 11) is 1.64. The number of piperidine rings is 1. The van der Waals surface area contributed by atoms with Gasteiger partial charge in [-0.25, -0.2) is 0 Å². The molecule has 4 rings (SSSR count). The summed E-state index contributed by atoms with van der Waals surface area (Å²) in [5.74, 6) is 1.78. The second-order valence-corrected chi connectivity index (χ2v) is 10.2. The van der Waals surface area contributed by atoms with E-state index in [0.29, 0.717) is 30.3 Å². The van der Waals surface area contributed by atoms with Crippen molar-refractivity contribution in [1.29, 1.82) is 5.26 Å². The van der Waals surface area contributed by atoms with Crippen molar-refractivity contribution in [1.82, 2.24) is 15.1 Å². The van der Waals surface area contributed by atoms with Gasteiger partial charge in [0.15, 0.2) is 5.11 Å². The monoisotopic (exact) mass is 509 g/mol. The quantitative estimate of drug-likeness (QED) is 0.546. The van der Waals surface area contributed by atoms with Crippen LogP contribution in [0.25, 0.3) is 0 Å². The SMILES string of the molecule is COc1ccccc1NC(=S)N1CCC2(CC1)NC(CCSC)C(=O)N2Cc1ccccc1C#N. The van der Waals surface area contributed by atoms with Crippen LogP contribution in [0.2, 0.25) is 0 Å². The molecule has 1 amide bonds. The van der Waals surface area contributed by atoms with E-state index in [1.54, 1.807) is 18.9 Å². The molecule has 2 fully saturated rings. The molecule has 2 heterocycles. The van der Waals surface area contributed by atoms with Crippen LogP contribution in [0.5, 0.6) is 5.75 Å². The first-order chi connectivity index (χ1) is 17.0. The molecule has 2 saturated heterocycles. The zero-order valence-electron chi connectivity index (χ0n) is 20.1. The Kier molecular flexibility index (Phi) is 8.16. The number of nitrogens with one attached hydrogen (secondary N) is 2. The highest BCUT2D eigenvalue weighted by molar-refractivity contribution is 7.98. The van der Waals surface area contributed by atoms with E-state index in [4.69, 9.17) is 17.0 Å². The Bertz CT molecular complexity index is 1110. The third-order valence-corrected chi connectivity index (χ3v) is 7.83. The fraction of sp³-hybridized carbons (Fsp3) is 0.423. The van der Waals surface area contributed by atoms with Gasteiger partial charge in [0.25, 0.3) is 0 Å². The van der Waals surface area contributed by atoms with Crippen LogP contribution in [0.1, 0.15) is 30.4 Å². The van der Waals surface area contributed by atoms with Crippen molar-refractivity contribution in [3.05, 3.63) is 59.7 Å². The van der Waals surface area contributed by atoms with Crippen molar-refractivity contribution in [2.45, 2.75) is 37.5 Å². The van der Waals surface area contributed by atoms with E-state index >= 15 is 0 Å². The van der Waals surface area contributed by atoms with Crippen LogP contribution in [-0.4, -0.2) is 64.7 Å². The van der Waals surface area contributed by atoms with Gasteiger partial charge >= 0.3 is 0 Å². The van der Waals surface area contributed by atoms with Crippen molar-refractivity contribution < 1.29 is 9.53 Å². The summed E-state index contributed by atoms with van der Waals surface area (Å²) in [6.45, 7) is 1.86. The minimum atomic E-state index is -0.445. The number of rotatable bonds is 7. The molecule has 2 aliphatic heterocycles. The molecule has 2 aliphatic rings. The summed E-state index contributed by atoms with van der Waals surface area (Å²) in [4.78, 5) is 17.6. The molecule has 2 N–H and O–H groups in total. The van der Waals surface area contributed by atoms with Crippen LogP contribution in [-0.2, 0) is 11.3 Å². The third-order valence-electron chi connectivity index (χ3n) is 6.83. The molecule has 2 aromatic rings. The van der Waals surface area contributed by atoms with Crippen molar-refractivity contribution in [2.75, 3.05) is 37.5 Å². The fourth-order valence-corrected chi connectivity index (χ4v) is 5.66. The predicted molar refractivity (Wildman–Crippen MR) is 144 cm³/mol. The van der Waals surface area contributed by atoms with E-state index in [2.05, 4.69) is 27.9 Å². The van der Waals surface area contributed by atoms with Crippen molar-refractivity contribution in [3.8, 4) is 11.8 Å². The summed E-state index contributed by atoms with van der Waals surface area (Å²) >= 11 is 7.46. The summed E-state index contributed by atoms with van der Waals surface area (Å²) in [5.41, 5.74) is 1.88. The lowest BCUT2D eigenvalue weighted by Crippen LogP contribution is -2.59. The zero-order valence-corrected chi connectivity index (χ0v) is 21.8. The first-order valence-corrected chi connectivity index (χ1v) is 13.6. The molecule has 7 nitrogen and oxygen atoms in total. The number of amides is 1. The molecular weight excluding hydrogens is 478 g/mol. The average molecular weight is 510 g/mol. The fourth-order valence-electron chi connectivity index (χ4n) is 4.90. The Labute approximate surface area is 216 Å². The first kappa shape index (κ1) is 25.3. The van der Waals surface area contributed by atoms with Crippen molar-refractivity contribution in [2.24, 2.45) is 0 Å². The number of para-hydroxylation sites is 2. The summed E-state index contributed by atoms with van der Waals surface area (Å²) in [5, 5.41) is 17.2. The van der Waals surface area contributed by atoms with Crippen LogP contribution in [0.15, 0.2) is 48.5 Å². The molecular formula is C26H31N5O2S2. The molecule has 1 unspecified atom stereocenters. The Morgan fingerprint density at radius 1 is 1.26 bits per heavy atom. The number of thiocarbonyl (C=S) groups is 1. The molecule has 9 heteroatoms. The van der Waals surface area contributed by atoms with E-state index in [1.807, 2.05) is 53.4 Å². The number of carbonyl (C=O) groups is 1. The largest absolute Gasteiger partial charge is 0.495 e. The van der Waals surface area contributed by atoms with E-state index < -0.39 is 5.66 Å². The highest BCUT2D eigenvalue weighted by Gasteiger charge is 2.51. The highest BCUT2D eigenvalue weighted by Crippen LogP contribution is 2.35. The van der Waals surface area contributed by atoms with Crippen molar-refractivity contribution in [3.63, 3.8) is 0 Å². The maximum atomic E-state index is 13.5. The lowest BCUT2D eigenvalue weighted by atomic mass is 9.95. The number of nitrogens with zero attached hydrogens (tertiary/aromatic N) is 3. The number of benzene rings is 2. The smallest absolute Gasteiger partial charge is 0.241 e. The van der Waals surface area contributed by atoms with E-state index in [9.17, 15) is 10.1 Å². The molecule has 0 saturated carbocycles. The molecule has 0 aliphatic carbocycles. The van der Waals surface area contributed by atoms with Gasteiger partial charge in [0.2, 0.25) is 5.91 Å². The molecule has 1 atom stereocenters. The predicted octanol–water partition coefficient (Wildman–Crippen LogP) is 3.81. The van der Waals surface area contributed by atoms with Crippen LogP contribution >= 0.6 is 24.0 Å². The molecule has 0 radical (unpaired) electrons. The van der Waals surface area contributed by atoms with Gasteiger partial charge in [0.1, 0.15) is 5.75 Å². The Hall–Kier alpha value is -2.80.